The van der Waals surface area contributed by atoms with Crippen molar-refractivity contribution in [3.8, 4) is 17.0 Å². The van der Waals surface area contributed by atoms with Gasteiger partial charge in [-0.05, 0) is 37.1 Å². The predicted octanol–water partition coefficient (Wildman–Crippen LogP) is 2.53. The summed E-state index contributed by atoms with van der Waals surface area (Å²) < 4.78 is 5.55. The molecule has 1 saturated carbocycles. The Morgan fingerprint density at radius 2 is 2.08 bits per heavy atom. The lowest BCUT2D eigenvalue weighted by atomic mass is 10.1. The summed E-state index contributed by atoms with van der Waals surface area (Å²) in [6.07, 6.45) is 2.02. The number of hydrogen-bond donors (Lipinski definition) is 3. The first-order valence-corrected chi connectivity index (χ1v) is 7.73. The number of aromatic nitrogens is 2. The highest BCUT2D eigenvalue weighted by atomic mass is 16.3. The normalized spacial score (nSPS) is 13.9. The third-order valence-corrected chi connectivity index (χ3v) is 3.97. The quantitative estimate of drug-likeness (QED) is 0.682. The third kappa shape index (κ3) is 2.64. The zero-order valence-corrected chi connectivity index (χ0v) is 13.0. The molecule has 1 aliphatic carbocycles. The fraction of sp³-hybridized carbons (Fsp3) is 0.235. The van der Waals surface area contributed by atoms with E-state index in [1.807, 2.05) is 0 Å². The van der Waals surface area contributed by atoms with Crippen molar-refractivity contribution >= 4 is 22.7 Å². The standard InChI is InChI=1S/C17H16N4O3/c1-18-16-5-4-12(20-21-16)11-6-9-7-15(17(23)19-10-2-3-10)24-14(9)8-13(11)22/h4-8,10,22H,2-3H2,1H3,(H,18,21)(H,19,23). The van der Waals surface area contributed by atoms with E-state index in [4.69, 9.17) is 4.42 Å². The third-order valence-electron chi connectivity index (χ3n) is 3.97. The molecule has 0 atom stereocenters. The van der Waals surface area contributed by atoms with Gasteiger partial charge in [-0.1, -0.05) is 0 Å². The molecule has 3 N–H and O–H groups in total. The van der Waals surface area contributed by atoms with Crippen LogP contribution in [0.3, 0.4) is 0 Å². The highest BCUT2D eigenvalue weighted by molar-refractivity contribution is 5.97. The molecule has 7 nitrogen and oxygen atoms in total. The minimum absolute atomic E-state index is 0.0255. The Balaban J connectivity index is 1.71. The lowest BCUT2D eigenvalue weighted by molar-refractivity contribution is 0.0925. The van der Waals surface area contributed by atoms with Gasteiger partial charge in [0.1, 0.15) is 17.2 Å². The number of furan rings is 1. The van der Waals surface area contributed by atoms with E-state index in [0.29, 0.717) is 22.7 Å². The van der Waals surface area contributed by atoms with Gasteiger partial charge in [0.05, 0.1) is 5.69 Å². The molecule has 2 aromatic heterocycles. The molecule has 2 heterocycles. The van der Waals surface area contributed by atoms with Crippen LogP contribution in [0.5, 0.6) is 5.75 Å². The lowest BCUT2D eigenvalue weighted by Crippen LogP contribution is -2.24. The number of benzene rings is 1. The fourth-order valence-corrected chi connectivity index (χ4v) is 2.49. The Hall–Kier alpha value is -3.09. The number of phenolic OH excluding ortho intramolecular Hbond substituents is 1. The molecule has 1 fully saturated rings. The second kappa shape index (κ2) is 5.52. The minimum atomic E-state index is -0.229. The smallest absolute Gasteiger partial charge is 0.287 e. The van der Waals surface area contributed by atoms with E-state index in [1.54, 1.807) is 31.3 Å². The first-order valence-electron chi connectivity index (χ1n) is 7.73. The Morgan fingerprint density at radius 1 is 1.25 bits per heavy atom. The number of phenols is 1. The molecule has 7 heteroatoms. The molecule has 0 saturated heterocycles. The number of anilines is 1. The number of rotatable bonds is 4. The molecule has 4 rings (SSSR count). The van der Waals surface area contributed by atoms with E-state index in [-0.39, 0.29) is 23.5 Å². The largest absolute Gasteiger partial charge is 0.507 e. The van der Waals surface area contributed by atoms with Crippen LogP contribution >= 0.6 is 0 Å². The molecule has 3 aromatic rings. The molecule has 24 heavy (non-hydrogen) atoms. The van der Waals surface area contributed by atoms with E-state index in [2.05, 4.69) is 20.8 Å². The summed E-state index contributed by atoms with van der Waals surface area (Å²) in [4.78, 5) is 12.1. The number of nitrogens with one attached hydrogen (secondary N) is 2. The molecular formula is C17H16N4O3. The van der Waals surface area contributed by atoms with Gasteiger partial charge >= 0.3 is 0 Å². The van der Waals surface area contributed by atoms with Gasteiger partial charge in [-0.3, -0.25) is 4.79 Å². The Labute approximate surface area is 137 Å². The summed E-state index contributed by atoms with van der Waals surface area (Å²) in [5.74, 6) is 0.678. The Kier molecular flexibility index (Phi) is 3.34. The van der Waals surface area contributed by atoms with Crippen molar-refractivity contribution in [2.45, 2.75) is 18.9 Å². The highest BCUT2D eigenvalue weighted by Crippen LogP contribution is 2.34. The van der Waals surface area contributed by atoms with Crippen molar-refractivity contribution in [2.24, 2.45) is 0 Å². The van der Waals surface area contributed by atoms with Gasteiger partial charge < -0.3 is 20.2 Å². The minimum Gasteiger partial charge on any atom is -0.507 e. The van der Waals surface area contributed by atoms with E-state index in [1.165, 1.54) is 6.07 Å². The van der Waals surface area contributed by atoms with Gasteiger partial charge in [0, 0.05) is 30.1 Å². The number of aromatic hydroxyl groups is 1. The molecule has 0 aliphatic heterocycles. The summed E-state index contributed by atoms with van der Waals surface area (Å²) in [5.41, 5.74) is 1.53. The van der Waals surface area contributed by atoms with Crippen molar-refractivity contribution in [3.63, 3.8) is 0 Å². The summed E-state index contributed by atoms with van der Waals surface area (Å²) in [6.45, 7) is 0. The van der Waals surface area contributed by atoms with Crippen LogP contribution in [-0.2, 0) is 0 Å². The van der Waals surface area contributed by atoms with Crippen LogP contribution in [0.25, 0.3) is 22.2 Å². The predicted molar refractivity (Wildman–Crippen MR) is 88.9 cm³/mol. The van der Waals surface area contributed by atoms with Gasteiger partial charge in [-0.15, -0.1) is 10.2 Å². The summed E-state index contributed by atoms with van der Waals surface area (Å²) >= 11 is 0. The molecule has 1 aromatic carbocycles. The molecule has 1 aliphatic rings. The second-order valence-electron chi connectivity index (χ2n) is 5.82. The highest BCUT2D eigenvalue weighted by Gasteiger charge is 2.25. The van der Waals surface area contributed by atoms with Crippen LogP contribution in [0.1, 0.15) is 23.4 Å². The van der Waals surface area contributed by atoms with Crippen molar-refractivity contribution in [1.82, 2.24) is 15.5 Å². The SMILES string of the molecule is CNc1ccc(-c2cc3cc(C(=O)NC4CC4)oc3cc2O)nn1. The zero-order chi connectivity index (χ0) is 16.7. The van der Waals surface area contributed by atoms with Crippen molar-refractivity contribution in [1.29, 1.82) is 0 Å². The summed E-state index contributed by atoms with van der Waals surface area (Å²) in [5, 5.41) is 24.8. The van der Waals surface area contributed by atoms with E-state index in [0.717, 1.165) is 18.2 Å². The molecule has 0 unspecified atom stereocenters. The van der Waals surface area contributed by atoms with Crippen molar-refractivity contribution in [2.75, 3.05) is 12.4 Å². The average molecular weight is 324 g/mol. The molecular weight excluding hydrogens is 308 g/mol. The van der Waals surface area contributed by atoms with Gasteiger partial charge in [0.2, 0.25) is 0 Å². The number of fused-ring (bicyclic) bond motifs is 1. The van der Waals surface area contributed by atoms with Crippen molar-refractivity contribution in [3.05, 3.63) is 36.1 Å². The van der Waals surface area contributed by atoms with Crippen LogP contribution in [-0.4, -0.2) is 34.3 Å². The Morgan fingerprint density at radius 3 is 2.75 bits per heavy atom. The number of nitrogens with zero attached hydrogens (tertiary/aromatic N) is 2. The summed E-state index contributed by atoms with van der Waals surface area (Å²) in [6, 6.07) is 8.70. The van der Waals surface area contributed by atoms with Gasteiger partial charge in [-0.25, -0.2) is 0 Å². The zero-order valence-electron chi connectivity index (χ0n) is 13.0. The monoisotopic (exact) mass is 324 g/mol. The first kappa shape index (κ1) is 14.5. The molecule has 122 valence electrons. The van der Waals surface area contributed by atoms with Crippen LogP contribution in [0.15, 0.2) is 34.7 Å². The maximum Gasteiger partial charge on any atom is 0.287 e. The lowest BCUT2D eigenvalue weighted by Gasteiger charge is -2.04. The van der Waals surface area contributed by atoms with Crippen LogP contribution in [0.4, 0.5) is 5.82 Å². The van der Waals surface area contributed by atoms with Crippen LogP contribution in [0.2, 0.25) is 0 Å². The number of amides is 1. The number of hydrogen-bond acceptors (Lipinski definition) is 6. The van der Waals surface area contributed by atoms with Crippen LogP contribution < -0.4 is 10.6 Å². The maximum atomic E-state index is 12.1. The van der Waals surface area contributed by atoms with Gasteiger partial charge in [0.25, 0.3) is 5.91 Å². The van der Waals surface area contributed by atoms with E-state index >= 15 is 0 Å². The molecule has 0 radical (unpaired) electrons. The summed E-state index contributed by atoms with van der Waals surface area (Å²) in [7, 11) is 1.76. The van der Waals surface area contributed by atoms with Gasteiger partial charge in [-0.2, -0.15) is 0 Å². The second-order valence-corrected chi connectivity index (χ2v) is 5.82. The van der Waals surface area contributed by atoms with Crippen LogP contribution in [0, 0.1) is 0 Å². The molecule has 1 amide bonds. The number of carbonyl (C=O) groups excluding carboxylic acids is 1. The number of carbonyl (C=O) groups is 1. The fourth-order valence-electron chi connectivity index (χ4n) is 2.49. The van der Waals surface area contributed by atoms with Crippen molar-refractivity contribution < 1.29 is 14.3 Å². The average Bonchev–Trinajstić information content (AvgIpc) is 3.31. The van der Waals surface area contributed by atoms with E-state index in [9.17, 15) is 9.90 Å². The maximum absolute atomic E-state index is 12.1. The topological polar surface area (TPSA) is 100 Å². The molecule has 0 spiro atoms. The van der Waals surface area contributed by atoms with E-state index < -0.39 is 0 Å². The van der Waals surface area contributed by atoms with Gasteiger partial charge in [0.15, 0.2) is 5.76 Å². The first-order chi connectivity index (χ1) is 11.6. The Bertz CT molecular complexity index is 913. The molecule has 0 bridgehead atoms.